The first-order valence-corrected chi connectivity index (χ1v) is 10.7. The van der Waals surface area contributed by atoms with Crippen LogP contribution in [-0.4, -0.2) is 35.8 Å². The van der Waals surface area contributed by atoms with Crippen LogP contribution in [-0.2, 0) is 17.9 Å². The highest BCUT2D eigenvalue weighted by atomic mass is 79.9. The first kappa shape index (κ1) is 22.0. The summed E-state index contributed by atoms with van der Waals surface area (Å²) in [6.45, 7) is 6.69. The molecule has 0 saturated carbocycles. The Hall–Kier alpha value is -2.71. The van der Waals surface area contributed by atoms with Crippen molar-refractivity contribution in [3.05, 3.63) is 52.5 Å². The smallest absolute Gasteiger partial charge is 0.269 e. The third kappa shape index (κ3) is 4.88. The van der Waals surface area contributed by atoms with Crippen molar-refractivity contribution in [1.29, 1.82) is 0 Å². The van der Waals surface area contributed by atoms with Gasteiger partial charge in [0.2, 0.25) is 5.88 Å². The molecule has 7 nitrogen and oxygen atoms in total. The van der Waals surface area contributed by atoms with Crippen molar-refractivity contribution in [2.24, 2.45) is 10.2 Å². The molecule has 0 fully saturated rings. The number of methoxy groups -OCH3 is 1. The maximum Gasteiger partial charge on any atom is 0.269 e. The third-order valence-corrected chi connectivity index (χ3v) is 5.62. The molecule has 0 spiro atoms. The van der Waals surface area contributed by atoms with E-state index < -0.39 is 0 Å². The van der Waals surface area contributed by atoms with Crippen LogP contribution < -0.4 is 9.64 Å². The van der Waals surface area contributed by atoms with Crippen molar-refractivity contribution in [3.63, 3.8) is 0 Å². The van der Waals surface area contributed by atoms with Crippen LogP contribution in [0.3, 0.4) is 0 Å². The minimum absolute atomic E-state index is 0.0171. The lowest BCUT2D eigenvalue weighted by Gasteiger charge is -2.17. The van der Waals surface area contributed by atoms with Crippen molar-refractivity contribution < 1.29 is 19.5 Å². The largest absolute Gasteiger partial charge is 0.497 e. The maximum atomic E-state index is 12.3. The van der Waals surface area contributed by atoms with Gasteiger partial charge in [-0.1, -0.05) is 28.1 Å². The van der Waals surface area contributed by atoms with E-state index in [9.17, 15) is 9.90 Å². The second-order valence-electron chi connectivity index (χ2n) is 7.00. The average Bonchev–Trinajstić information content (AvgIpc) is 3.00. The Labute approximate surface area is 184 Å². The molecule has 3 aromatic rings. The monoisotopic (exact) mass is 473 g/mol. The fourth-order valence-corrected chi connectivity index (χ4v) is 3.67. The van der Waals surface area contributed by atoms with Gasteiger partial charge in [0.1, 0.15) is 5.75 Å². The fourth-order valence-electron chi connectivity index (χ4n) is 3.31. The lowest BCUT2D eigenvalue weighted by atomic mass is 10.1. The molecule has 2 N–H and O–H groups in total. The number of quaternary nitrogens is 1. The minimum Gasteiger partial charge on any atom is -0.497 e. The number of carbonyl (C=O) groups excluding carboxylic acids is 1. The predicted octanol–water partition coefficient (Wildman–Crippen LogP) is 3.85. The Morgan fingerprint density at radius 3 is 2.50 bits per heavy atom. The molecular formula is C22H26BrN4O3+. The highest BCUT2D eigenvalue weighted by Gasteiger charge is 2.20. The number of amides is 1. The zero-order valence-corrected chi connectivity index (χ0v) is 18.9. The SMILES string of the molecule is CC[NH+](CC)Cn1c(O)c(N=NC(=O)Cc2ccc(OC)cc2)c2cc(Br)ccc21. The van der Waals surface area contributed by atoms with Gasteiger partial charge in [-0.3, -0.25) is 9.36 Å². The number of nitrogens with zero attached hydrogens (tertiary/aromatic N) is 3. The van der Waals surface area contributed by atoms with Crippen molar-refractivity contribution in [3.8, 4) is 11.6 Å². The molecule has 0 bridgehead atoms. The number of hydrogen-bond acceptors (Lipinski definition) is 4. The van der Waals surface area contributed by atoms with Gasteiger partial charge in [0, 0.05) is 9.86 Å². The normalized spacial score (nSPS) is 11.6. The van der Waals surface area contributed by atoms with E-state index in [1.165, 1.54) is 4.90 Å². The molecular weight excluding hydrogens is 448 g/mol. The van der Waals surface area contributed by atoms with Gasteiger partial charge in [-0.05, 0) is 49.7 Å². The van der Waals surface area contributed by atoms with Gasteiger partial charge >= 0.3 is 0 Å². The molecule has 158 valence electrons. The van der Waals surface area contributed by atoms with Crippen LogP contribution in [0.4, 0.5) is 5.69 Å². The number of aromatic hydroxyl groups is 1. The van der Waals surface area contributed by atoms with E-state index in [0.717, 1.165) is 39.8 Å². The van der Waals surface area contributed by atoms with Crippen molar-refractivity contribution in [1.82, 2.24) is 4.57 Å². The summed E-state index contributed by atoms with van der Waals surface area (Å²) in [5.74, 6) is 0.361. The molecule has 8 heteroatoms. The number of fused-ring (bicyclic) bond motifs is 1. The van der Waals surface area contributed by atoms with Gasteiger partial charge in [0.25, 0.3) is 5.91 Å². The van der Waals surface area contributed by atoms with Crippen LogP contribution in [0, 0.1) is 0 Å². The average molecular weight is 474 g/mol. The number of aromatic nitrogens is 1. The van der Waals surface area contributed by atoms with E-state index >= 15 is 0 Å². The zero-order valence-electron chi connectivity index (χ0n) is 17.4. The summed E-state index contributed by atoms with van der Waals surface area (Å²) in [6.07, 6.45) is 0.125. The van der Waals surface area contributed by atoms with Gasteiger partial charge in [0.15, 0.2) is 12.4 Å². The number of benzene rings is 2. The summed E-state index contributed by atoms with van der Waals surface area (Å²) in [7, 11) is 1.59. The highest BCUT2D eigenvalue weighted by molar-refractivity contribution is 9.10. The van der Waals surface area contributed by atoms with Gasteiger partial charge in [-0.15, -0.1) is 10.2 Å². The molecule has 30 heavy (non-hydrogen) atoms. The van der Waals surface area contributed by atoms with Crippen LogP contribution in [0.25, 0.3) is 10.9 Å². The van der Waals surface area contributed by atoms with Gasteiger partial charge in [-0.2, -0.15) is 0 Å². The zero-order chi connectivity index (χ0) is 21.7. The molecule has 0 saturated heterocycles. The number of rotatable bonds is 8. The molecule has 1 heterocycles. The van der Waals surface area contributed by atoms with Gasteiger partial charge < -0.3 is 14.7 Å². The first-order chi connectivity index (χ1) is 14.5. The summed E-state index contributed by atoms with van der Waals surface area (Å²) >= 11 is 3.47. The molecule has 3 rings (SSSR count). The van der Waals surface area contributed by atoms with E-state index in [2.05, 4.69) is 40.0 Å². The van der Waals surface area contributed by atoms with Crippen LogP contribution >= 0.6 is 15.9 Å². The minimum atomic E-state index is -0.384. The summed E-state index contributed by atoms with van der Waals surface area (Å²) in [5.41, 5.74) is 1.98. The Balaban J connectivity index is 1.89. The number of carbonyl (C=O) groups is 1. The molecule has 2 aromatic carbocycles. The van der Waals surface area contributed by atoms with Gasteiger partial charge in [0.05, 0.1) is 32.1 Å². The summed E-state index contributed by atoms with van der Waals surface area (Å²) < 4.78 is 7.82. The number of nitrogens with one attached hydrogen (secondary N) is 1. The standard InChI is InChI=1S/C22H25BrN4O3/c1-4-26(5-2)14-27-19-11-8-16(23)13-18(19)21(22(27)29)25-24-20(28)12-15-6-9-17(30-3)10-7-15/h6-11,13,29H,4-5,12,14H2,1-3H3/p+1. The van der Waals surface area contributed by atoms with Crippen molar-refractivity contribution >= 4 is 38.4 Å². The summed E-state index contributed by atoms with van der Waals surface area (Å²) in [6, 6.07) is 13.0. The van der Waals surface area contributed by atoms with E-state index in [0.29, 0.717) is 12.4 Å². The first-order valence-electron chi connectivity index (χ1n) is 9.88. The molecule has 0 atom stereocenters. The molecule has 0 aliphatic rings. The highest BCUT2D eigenvalue weighted by Crippen LogP contribution is 2.39. The van der Waals surface area contributed by atoms with Crippen LogP contribution in [0.1, 0.15) is 19.4 Å². The molecule has 1 aromatic heterocycles. The molecule has 0 aliphatic carbocycles. The van der Waals surface area contributed by atoms with Crippen molar-refractivity contribution in [2.45, 2.75) is 26.9 Å². The van der Waals surface area contributed by atoms with E-state index in [4.69, 9.17) is 4.74 Å². The van der Waals surface area contributed by atoms with E-state index in [1.54, 1.807) is 19.2 Å². The lowest BCUT2D eigenvalue weighted by molar-refractivity contribution is -0.919. The molecule has 1 amide bonds. The quantitative estimate of drug-likeness (QED) is 0.487. The number of halogens is 1. The second-order valence-corrected chi connectivity index (χ2v) is 7.91. The Morgan fingerprint density at radius 2 is 1.87 bits per heavy atom. The Morgan fingerprint density at radius 1 is 1.17 bits per heavy atom. The van der Waals surface area contributed by atoms with Crippen molar-refractivity contribution in [2.75, 3.05) is 20.2 Å². The van der Waals surface area contributed by atoms with Crippen LogP contribution in [0.5, 0.6) is 11.6 Å². The maximum absolute atomic E-state index is 12.3. The Kier molecular flexibility index (Phi) is 7.23. The summed E-state index contributed by atoms with van der Waals surface area (Å²) in [5, 5.41) is 19.6. The lowest BCUT2D eigenvalue weighted by Crippen LogP contribution is -3.10. The van der Waals surface area contributed by atoms with Crippen LogP contribution in [0.2, 0.25) is 0 Å². The molecule has 0 unspecified atom stereocenters. The number of hydrogen-bond donors (Lipinski definition) is 2. The topological polar surface area (TPSA) is 80.6 Å². The molecule has 0 radical (unpaired) electrons. The number of ether oxygens (including phenoxy) is 1. The van der Waals surface area contributed by atoms with E-state index in [1.807, 2.05) is 34.9 Å². The number of azo groups is 1. The third-order valence-electron chi connectivity index (χ3n) is 5.13. The van der Waals surface area contributed by atoms with Crippen LogP contribution in [0.15, 0.2) is 57.2 Å². The molecule has 0 aliphatic heterocycles. The summed E-state index contributed by atoms with van der Waals surface area (Å²) in [4.78, 5) is 13.6. The van der Waals surface area contributed by atoms with E-state index in [-0.39, 0.29) is 18.2 Å². The Bertz CT molecular complexity index is 1060. The second kappa shape index (κ2) is 9.86. The predicted molar refractivity (Wildman–Crippen MR) is 120 cm³/mol. The fraction of sp³-hybridized carbons (Fsp3) is 0.318. The van der Waals surface area contributed by atoms with Gasteiger partial charge in [-0.25, -0.2) is 0 Å².